The first-order chi connectivity index (χ1) is 33.0. The lowest BCUT2D eigenvalue weighted by Gasteiger charge is -2.39. The Bertz CT molecular complexity index is 2040. The molecule has 12 nitrogen and oxygen atoms in total. The Kier molecular flexibility index (Phi) is 19.0. The number of carbonyl (C=O) groups is 2. The van der Waals surface area contributed by atoms with E-state index in [9.17, 15) is 20.1 Å². The van der Waals surface area contributed by atoms with Crippen LogP contribution in [0.25, 0.3) is 0 Å². The van der Waals surface area contributed by atoms with Crippen LogP contribution in [0, 0.1) is 29.1 Å². The number of guanidine groups is 1. The average molecular weight is 977 g/mol. The van der Waals surface area contributed by atoms with Gasteiger partial charge in [-0.3, -0.25) is 9.79 Å². The maximum Gasteiger partial charge on any atom is 0.196 e. The van der Waals surface area contributed by atoms with Crippen molar-refractivity contribution < 1.29 is 39.1 Å². The summed E-state index contributed by atoms with van der Waals surface area (Å²) in [6.45, 7) is 2.72. The molecule has 2 bridgehead atoms. The quantitative estimate of drug-likeness (QED) is 0.0383. The van der Waals surface area contributed by atoms with Crippen molar-refractivity contribution in [1.29, 1.82) is 0 Å². The minimum Gasteiger partial charge on any atom is -0.504 e. The highest BCUT2D eigenvalue weighted by Crippen LogP contribution is 2.55. The summed E-state index contributed by atoms with van der Waals surface area (Å²) in [5, 5.41) is 44.3. The number of aromatic hydroxyl groups is 2. The van der Waals surface area contributed by atoms with E-state index < -0.39 is 22.7 Å². The highest BCUT2D eigenvalue weighted by Gasteiger charge is 2.49. The van der Waals surface area contributed by atoms with Crippen LogP contribution in [0.15, 0.2) is 47.5 Å². The van der Waals surface area contributed by atoms with Crippen LogP contribution in [-0.2, 0) is 26.2 Å². The zero-order valence-electron chi connectivity index (χ0n) is 41.2. The van der Waals surface area contributed by atoms with Crippen molar-refractivity contribution in [1.82, 2.24) is 10.6 Å². The number of benzene rings is 2. The fraction of sp³-hybridized carbons (Fsp3) is 0.685. The van der Waals surface area contributed by atoms with Crippen molar-refractivity contribution >= 4 is 45.3 Å². The van der Waals surface area contributed by atoms with Gasteiger partial charge >= 0.3 is 0 Å². The second-order valence-electron chi connectivity index (χ2n) is 20.7. The van der Waals surface area contributed by atoms with Gasteiger partial charge in [0, 0.05) is 43.0 Å². The van der Waals surface area contributed by atoms with Crippen LogP contribution >= 0.6 is 21.6 Å². The van der Waals surface area contributed by atoms with Gasteiger partial charge in [0.2, 0.25) is 0 Å². The first-order valence-corrected chi connectivity index (χ1v) is 28.3. The largest absolute Gasteiger partial charge is 0.504 e. The molecular weight excluding hydrogens is 897 g/mol. The lowest BCUT2D eigenvalue weighted by atomic mass is 9.65. The van der Waals surface area contributed by atoms with Gasteiger partial charge in [0.15, 0.2) is 41.0 Å². The van der Waals surface area contributed by atoms with Crippen molar-refractivity contribution in [3.63, 3.8) is 0 Å². The van der Waals surface area contributed by atoms with E-state index >= 15 is 4.79 Å². The Labute approximate surface area is 413 Å². The third kappa shape index (κ3) is 12.5. The van der Waals surface area contributed by atoms with Gasteiger partial charge in [-0.1, -0.05) is 85.6 Å². The van der Waals surface area contributed by atoms with Crippen LogP contribution in [-0.4, -0.2) is 90.7 Å². The predicted molar refractivity (Wildman–Crippen MR) is 276 cm³/mol. The molecule has 4 aliphatic carbocycles. The second-order valence-corrected chi connectivity index (χ2v) is 23.2. The Morgan fingerprint density at radius 1 is 0.985 bits per heavy atom. The zero-order valence-corrected chi connectivity index (χ0v) is 42.8. The van der Waals surface area contributed by atoms with Crippen LogP contribution in [0.4, 0.5) is 5.69 Å². The number of ether oxygens (including phenoxy) is 3. The van der Waals surface area contributed by atoms with E-state index in [-0.39, 0.29) is 47.1 Å². The summed E-state index contributed by atoms with van der Waals surface area (Å²) in [4.78, 5) is 31.8. The standard InChI is InChI=1S/C54H80N4O8S2/c1-5-37(22-27-59)15-17-40-18-20-48(61)54(33-38-16-19-45(60)46(28-38)64-4)25-11-12-41(54)34-67-68-36-57-51(56-3)58-44-30-42(53(40)23-9-10-24-53)31-47(50(44)63)66-52(35-55-2)26-21-39(32-52)29-49(62)65-43-13-7-6-8-14-43/h16,18-20,27-28,30-31,37,39-41,43,49,55,60,62-63H,5-15,17,21-26,29,32-36H2,1-4H3,(H2,56,57,58). The lowest BCUT2D eigenvalue weighted by molar-refractivity contribution is -0.152. The number of allylic oxidation sites excluding steroid dienone is 2. The van der Waals surface area contributed by atoms with Crippen molar-refractivity contribution in [2.24, 2.45) is 34.1 Å². The van der Waals surface area contributed by atoms with E-state index in [4.69, 9.17) is 14.2 Å². The molecule has 0 saturated heterocycles. The predicted octanol–water partition coefficient (Wildman–Crippen LogP) is 10.6. The van der Waals surface area contributed by atoms with Gasteiger partial charge in [0.1, 0.15) is 11.9 Å². The normalized spacial score (nSPS) is 28.4. The summed E-state index contributed by atoms with van der Waals surface area (Å²) < 4.78 is 18.9. The Morgan fingerprint density at radius 2 is 1.79 bits per heavy atom. The molecule has 1 heterocycles. The zero-order chi connectivity index (χ0) is 48.2. The van der Waals surface area contributed by atoms with Crippen LogP contribution in [0.3, 0.4) is 0 Å². The fourth-order valence-electron chi connectivity index (χ4n) is 12.7. The summed E-state index contributed by atoms with van der Waals surface area (Å²) >= 11 is 0. The SMILES string of the molecule is CCC(CC=O)CCC1C=CC(=O)C2(Cc3ccc(O)c(OC)c3)CCCC2CSSCNC(=NC)Nc2cc(cc(OC3(CNC)CCC(CC(O)OC4CCCCC4)C3)c2O)C12CCCC2. The highest BCUT2D eigenvalue weighted by atomic mass is 33.1. The maximum atomic E-state index is 15.3. The molecule has 5 aliphatic rings. The monoisotopic (exact) mass is 977 g/mol. The number of nitrogens with zero attached hydrogens (tertiary/aromatic N) is 1. The first-order valence-electron chi connectivity index (χ1n) is 25.8. The summed E-state index contributed by atoms with van der Waals surface area (Å²) in [6, 6.07) is 9.63. The molecular formula is C54H80N4O8S2. The van der Waals surface area contributed by atoms with Gasteiger partial charge in [0.25, 0.3) is 0 Å². The van der Waals surface area contributed by atoms with Gasteiger partial charge in [-0.25, -0.2) is 0 Å². The summed E-state index contributed by atoms with van der Waals surface area (Å²) in [6.07, 6.45) is 23.0. The number of ketones is 1. The number of anilines is 1. The maximum absolute atomic E-state index is 15.3. The van der Waals surface area contributed by atoms with Gasteiger partial charge in [-0.05, 0) is 149 Å². The van der Waals surface area contributed by atoms with E-state index in [1.165, 1.54) is 6.42 Å². The average Bonchev–Trinajstić information content (AvgIpc) is 4.10. The number of aliphatic imine (C=N–C) groups is 1. The van der Waals surface area contributed by atoms with Crippen molar-refractivity contribution in [2.45, 2.75) is 165 Å². The number of hydrogen-bond donors (Lipinski definition) is 6. The molecule has 0 aromatic heterocycles. The second kappa shape index (κ2) is 24.6. The highest BCUT2D eigenvalue weighted by molar-refractivity contribution is 8.76. The number of phenols is 2. The van der Waals surface area contributed by atoms with Crippen LogP contribution in [0.5, 0.6) is 23.0 Å². The minimum atomic E-state index is -0.815. The molecule has 4 saturated carbocycles. The van der Waals surface area contributed by atoms with Crippen LogP contribution < -0.4 is 25.4 Å². The van der Waals surface area contributed by atoms with Crippen molar-refractivity contribution in [2.75, 3.05) is 44.7 Å². The first kappa shape index (κ1) is 52.4. The van der Waals surface area contributed by atoms with Gasteiger partial charge < -0.3 is 50.3 Å². The Morgan fingerprint density at radius 3 is 2.53 bits per heavy atom. The lowest BCUT2D eigenvalue weighted by Crippen LogP contribution is -2.43. The summed E-state index contributed by atoms with van der Waals surface area (Å²) in [5.41, 5.74) is 0.869. The van der Waals surface area contributed by atoms with E-state index in [0.29, 0.717) is 61.3 Å². The molecule has 2 aromatic carbocycles. The molecule has 6 N–H and O–H groups in total. The number of nitrogens with one attached hydrogen (secondary N) is 3. The molecule has 0 amide bonds. The number of carbonyl (C=O) groups excluding carboxylic acids is 2. The molecule has 14 heteroatoms. The number of hydrogen-bond acceptors (Lipinski definition) is 12. The van der Waals surface area contributed by atoms with E-state index in [0.717, 1.165) is 126 Å². The Hall–Kier alpha value is -3.43. The van der Waals surface area contributed by atoms with Crippen LogP contribution in [0.2, 0.25) is 0 Å². The van der Waals surface area contributed by atoms with Crippen molar-refractivity contribution in [3.8, 4) is 23.0 Å². The number of likely N-dealkylation sites (N-methyl/N-ethyl adjacent to an activating group) is 1. The van der Waals surface area contributed by atoms with Crippen molar-refractivity contribution in [3.05, 3.63) is 53.6 Å². The fourth-order valence-corrected chi connectivity index (χ4v) is 15.0. The molecule has 7 atom stereocenters. The number of fused-ring (bicyclic) bond motifs is 4. The third-order valence-electron chi connectivity index (χ3n) is 16.5. The minimum absolute atomic E-state index is 0.0179. The molecule has 7 unspecified atom stereocenters. The molecule has 68 heavy (non-hydrogen) atoms. The summed E-state index contributed by atoms with van der Waals surface area (Å²) in [7, 11) is 8.67. The smallest absolute Gasteiger partial charge is 0.196 e. The van der Waals surface area contributed by atoms with E-state index in [1.54, 1.807) is 41.8 Å². The van der Waals surface area contributed by atoms with Crippen LogP contribution in [0.1, 0.15) is 146 Å². The van der Waals surface area contributed by atoms with Gasteiger partial charge in [-0.2, -0.15) is 0 Å². The molecule has 2 aromatic rings. The summed E-state index contributed by atoms with van der Waals surface area (Å²) in [5.74, 6) is 3.46. The van der Waals surface area contributed by atoms with E-state index in [1.807, 2.05) is 25.3 Å². The topological polar surface area (TPSA) is 171 Å². The number of aliphatic hydroxyl groups is 1. The number of aldehydes is 1. The molecule has 4 fully saturated rings. The molecule has 376 valence electrons. The number of methoxy groups -OCH3 is 1. The number of aliphatic hydroxyl groups excluding tert-OH is 1. The van der Waals surface area contributed by atoms with E-state index in [2.05, 4.69) is 46.1 Å². The Balaban J connectivity index is 1.29. The van der Waals surface area contributed by atoms with Gasteiger partial charge in [0.05, 0.1) is 24.8 Å². The number of rotatable bonds is 17. The molecule has 1 spiro atoms. The molecule has 0 radical (unpaired) electrons. The molecule has 1 aliphatic heterocycles. The third-order valence-corrected chi connectivity index (χ3v) is 18.7. The number of phenolic OH excluding ortho intramolecular Hbond substituents is 2. The van der Waals surface area contributed by atoms with Gasteiger partial charge in [-0.15, -0.1) is 0 Å². The molecule has 7 rings (SSSR count).